The average molecular weight is 513 g/mol. The van der Waals surface area contributed by atoms with Crippen LogP contribution in [0.3, 0.4) is 0 Å². The van der Waals surface area contributed by atoms with Gasteiger partial charge in [-0.2, -0.15) is 0 Å². The third kappa shape index (κ3) is 6.09. The van der Waals surface area contributed by atoms with Gasteiger partial charge in [0.05, 0.1) is 25.0 Å². The zero-order valence-electron chi connectivity index (χ0n) is 19.9. The van der Waals surface area contributed by atoms with Gasteiger partial charge in [0.15, 0.2) is 0 Å². The molecular formula is C26H32N4O3S2. The first kappa shape index (κ1) is 24.4. The van der Waals surface area contributed by atoms with Crippen LogP contribution in [0.1, 0.15) is 43.6 Å². The van der Waals surface area contributed by atoms with Crippen molar-refractivity contribution in [1.29, 1.82) is 0 Å². The number of ether oxygens (including phenoxy) is 1. The van der Waals surface area contributed by atoms with Crippen LogP contribution in [0.15, 0.2) is 60.2 Å². The second-order valence-corrected chi connectivity index (χ2v) is 12.1. The Labute approximate surface area is 211 Å². The Hall–Kier alpha value is -2.33. The summed E-state index contributed by atoms with van der Waals surface area (Å²) >= 11 is 1.59. The SMILES string of the molecule is CS(=O)(=O)N[C@H]1CCN(c2csc(-c3ccncc3)n2)[C@H]1COC1CCC(c2ccccc2)CC1. The minimum Gasteiger partial charge on any atom is -0.376 e. The van der Waals surface area contributed by atoms with Gasteiger partial charge in [-0.3, -0.25) is 4.98 Å². The smallest absolute Gasteiger partial charge is 0.209 e. The summed E-state index contributed by atoms with van der Waals surface area (Å²) < 4.78 is 33.4. The summed E-state index contributed by atoms with van der Waals surface area (Å²) in [6, 6.07) is 14.3. The van der Waals surface area contributed by atoms with Crippen molar-refractivity contribution >= 4 is 27.2 Å². The first-order valence-electron chi connectivity index (χ1n) is 12.2. The van der Waals surface area contributed by atoms with Gasteiger partial charge in [-0.1, -0.05) is 30.3 Å². The predicted octanol–water partition coefficient (Wildman–Crippen LogP) is 4.44. The highest BCUT2D eigenvalue weighted by Crippen LogP contribution is 2.35. The highest BCUT2D eigenvalue weighted by molar-refractivity contribution is 7.88. The number of aromatic nitrogens is 2. The van der Waals surface area contributed by atoms with Crippen molar-refractivity contribution in [3.05, 3.63) is 65.8 Å². The van der Waals surface area contributed by atoms with Gasteiger partial charge in [0.25, 0.3) is 0 Å². The van der Waals surface area contributed by atoms with Crippen LogP contribution in [0.25, 0.3) is 10.6 Å². The lowest BCUT2D eigenvalue weighted by atomic mass is 9.83. The standard InChI is InChI=1S/C26H32N4O3S2/c1-35(31,32)29-23-13-16-30(25-18-34-26(28-25)21-11-14-27-15-12-21)24(23)17-33-22-9-7-20(8-10-22)19-5-3-2-4-6-19/h2-6,11-12,14-15,18,20,22-24,29H,7-10,13,16-17H2,1H3/t20?,22?,23-,24-/m0/s1. The van der Waals surface area contributed by atoms with E-state index >= 15 is 0 Å². The largest absolute Gasteiger partial charge is 0.376 e. The third-order valence-corrected chi connectivity index (χ3v) is 8.68. The van der Waals surface area contributed by atoms with E-state index in [1.165, 1.54) is 11.8 Å². The van der Waals surface area contributed by atoms with Crippen LogP contribution in [0.2, 0.25) is 0 Å². The molecule has 0 spiro atoms. The average Bonchev–Trinajstić information content (AvgIpc) is 3.50. The van der Waals surface area contributed by atoms with Crippen molar-refractivity contribution in [3.63, 3.8) is 0 Å². The molecular weight excluding hydrogens is 480 g/mol. The zero-order chi connectivity index (χ0) is 24.3. The van der Waals surface area contributed by atoms with E-state index < -0.39 is 10.0 Å². The monoisotopic (exact) mass is 512 g/mol. The van der Waals surface area contributed by atoms with Gasteiger partial charge in [-0.15, -0.1) is 11.3 Å². The lowest BCUT2D eigenvalue weighted by Crippen LogP contribution is -2.48. The molecule has 1 aliphatic heterocycles. The van der Waals surface area contributed by atoms with Crippen LogP contribution in [0.5, 0.6) is 0 Å². The molecule has 1 saturated heterocycles. The fraction of sp³-hybridized carbons (Fsp3) is 0.462. The van der Waals surface area contributed by atoms with E-state index in [0.717, 1.165) is 55.0 Å². The van der Waals surface area contributed by atoms with Gasteiger partial charge >= 0.3 is 0 Å². The number of pyridine rings is 1. The molecule has 1 aliphatic carbocycles. The second-order valence-electron chi connectivity index (χ2n) is 9.51. The molecule has 2 atom stereocenters. The maximum Gasteiger partial charge on any atom is 0.209 e. The van der Waals surface area contributed by atoms with Crippen LogP contribution in [-0.4, -0.2) is 56.0 Å². The summed E-state index contributed by atoms with van der Waals surface area (Å²) in [6.07, 6.45) is 9.98. The van der Waals surface area contributed by atoms with Gasteiger partial charge in [0.2, 0.25) is 10.0 Å². The normalized spacial score (nSPS) is 25.1. The zero-order valence-corrected chi connectivity index (χ0v) is 21.5. The molecule has 2 aromatic heterocycles. The summed E-state index contributed by atoms with van der Waals surface area (Å²) in [5.74, 6) is 1.47. The van der Waals surface area contributed by atoms with E-state index in [-0.39, 0.29) is 18.2 Å². The quantitative estimate of drug-likeness (QED) is 0.480. The fourth-order valence-electron chi connectivity index (χ4n) is 5.30. The molecule has 1 N–H and O–H groups in total. The van der Waals surface area contributed by atoms with Gasteiger partial charge in [0, 0.05) is 35.9 Å². The maximum atomic E-state index is 12.1. The highest BCUT2D eigenvalue weighted by atomic mass is 32.2. The Kier molecular flexibility index (Phi) is 7.48. The van der Waals surface area contributed by atoms with Gasteiger partial charge in [-0.05, 0) is 55.7 Å². The number of sulfonamides is 1. The molecule has 1 saturated carbocycles. The lowest BCUT2D eigenvalue weighted by molar-refractivity contribution is 0.0156. The van der Waals surface area contributed by atoms with Crippen LogP contribution >= 0.6 is 11.3 Å². The molecule has 35 heavy (non-hydrogen) atoms. The molecule has 3 heterocycles. The summed E-state index contributed by atoms with van der Waals surface area (Å²) in [5, 5.41) is 2.98. The molecule has 2 fully saturated rings. The van der Waals surface area contributed by atoms with E-state index in [2.05, 4.69) is 50.3 Å². The minimum atomic E-state index is -3.32. The summed E-state index contributed by atoms with van der Waals surface area (Å²) in [6.45, 7) is 1.22. The first-order valence-corrected chi connectivity index (χ1v) is 15.0. The van der Waals surface area contributed by atoms with Crippen molar-refractivity contribution in [2.75, 3.05) is 24.3 Å². The van der Waals surface area contributed by atoms with E-state index in [0.29, 0.717) is 12.5 Å². The molecule has 9 heteroatoms. The molecule has 0 radical (unpaired) electrons. The second kappa shape index (κ2) is 10.7. The molecule has 0 bridgehead atoms. The summed E-state index contributed by atoms with van der Waals surface area (Å²) in [5.41, 5.74) is 2.45. The van der Waals surface area contributed by atoms with Gasteiger partial charge in [-0.25, -0.2) is 18.1 Å². The third-order valence-electron chi connectivity index (χ3n) is 7.07. The Bertz CT molecular complexity index is 1200. The van der Waals surface area contributed by atoms with Crippen LogP contribution in [0, 0.1) is 0 Å². The number of benzene rings is 1. The molecule has 3 aromatic rings. The van der Waals surface area contributed by atoms with Crippen molar-refractivity contribution in [2.45, 2.75) is 56.2 Å². The molecule has 7 nitrogen and oxygen atoms in total. The van der Waals surface area contributed by atoms with E-state index in [1.807, 2.05) is 12.1 Å². The summed E-state index contributed by atoms with van der Waals surface area (Å²) in [4.78, 5) is 11.2. The van der Waals surface area contributed by atoms with E-state index in [4.69, 9.17) is 9.72 Å². The molecule has 0 unspecified atom stereocenters. The van der Waals surface area contributed by atoms with Gasteiger partial charge < -0.3 is 9.64 Å². The van der Waals surface area contributed by atoms with Crippen molar-refractivity contribution < 1.29 is 13.2 Å². The number of thiazole rings is 1. The Morgan fingerprint density at radius 3 is 2.51 bits per heavy atom. The lowest BCUT2D eigenvalue weighted by Gasteiger charge is -2.33. The van der Waals surface area contributed by atoms with Crippen molar-refractivity contribution in [2.24, 2.45) is 0 Å². The number of anilines is 1. The highest BCUT2D eigenvalue weighted by Gasteiger charge is 2.38. The molecule has 0 amide bonds. The molecule has 186 valence electrons. The van der Waals surface area contributed by atoms with Crippen molar-refractivity contribution in [1.82, 2.24) is 14.7 Å². The first-order chi connectivity index (χ1) is 17.0. The van der Waals surface area contributed by atoms with Crippen LogP contribution < -0.4 is 9.62 Å². The molecule has 1 aromatic carbocycles. The fourth-order valence-corrected chi connectivity index (χ4v) is 6.95. The Balaban J connectivity index is 1.25. The Morgan fingerprint density at radius 1 is 1.06 bits per heavy atom. The topological polar surface area (TPSA) is 84.4 Å². The van der Waals surface area contributed by atoms with Crippen LogP contribution in [0.4, 0.5) is 5.82 Å². The van der Waals surface area contributed by atoms with Crippen LogP contribution in [-0.2, 0) is 14.8 Å². The van der Waals surface area contributed by atoms with Crippen molar-refractivity contribution in [3.8, 4) is 10.6 Å². The number of nitrogens with one attached hydrogen (secondary N) is 1. The van der Waals surface area contributed by atoms with E-state index in [9.17, 15) is 8.42 Å². The maximum absolute atomic E-state index is 12.1. The Morgan fingerprint density at radius 2 is 1.80 bits per heavy atom. The van der Waals surface area contributed by atoms with Gasteiger partial charge in [0.1, 0.15) is 10.8 Å². The summed E-state index contributed by atoms with van der Waals surface area (Å²) in [7, 11) is -3.32. The molecule has 2 aliphatic rings. The number of nitrogens with zero attached hydrogens (tertiary/aromatic N) is 3. The number of hydrogen-bond acceptors (Lipinski definition) is 7. The predicted molar refractivity (Wildman–Crippen MR) is 140 cm³/mol. The minimum absolute atomic E-state index is 0.0936. The van der Waals surface area contributed by atoms with E-state index in [1.54, 1.807) is 23.7 Å². The number of hydrogen-bond donors (Lipinski definition) is 1. The number of rotatable bonds is 8. The molecule has 5 rings (SSSR count).